The smallest absolute Gasteiger partial charge is 0.143 e. The molecule has 32 heavy (non-hydrogen) atoms. The Kier molecular flexibility index (Phi) is 7.11. The Hall–Kier alpha value is -3.26. The van der Waals surface area contributed by atoms with Gasteiger partial charge in [0.15, 0.2) is 0 Å². The van der Waals surface area contributed by atoms with Gasteiger partial charge in [-0.05, 0) is 69.9 Å². The minimum atomic E-state index is 0.227. The van der Waals surface area contributed by atoms with Crippen molar-refractivity contribution in [1.82, 2.24) is 20.3 Å². The molecule has 0 saturated heterocycles. The number of fused-ring (bicyclic) bond motifs is 1. The molecular formula is C24H31N7O. The topological polar surface area (TPSA) is 111 Å². The van der Waals surface area contributed by atoms with Crippen molar-refractivity contribution in [3.8, 4) is 0 Å². The van der Waals surface area contributed by atoms with Crippen molar-refractivity contribution >= 4 is 30.3 Å². The van der Waals surface area contributed by atoms with E-state index in [0.717, 1.165) is 66.3 Å². The third-order valence-electron chi connectivity index (χ3n) is 5.95. The number of pyridine rings is 1. The number of anilines is 1. The highest BCUT2D eigenvalue weighted by Gasteiger charge is 2.25. The number of aromatic amines is 1. The highest BCUT2D eigenvalue weighted by Crippen LogP contribution is 2.27. The Morgan fingerprint density at radius 2 is 2.31 bits per heavy atom. The number of hydrogen-bond acceptors (Lipinski definition) is 7. The fourth-order valence-electron chi connectivity index (χ4n) is 4.24. The molecule has 0 aromatic carbocycles. The summed E-state index contributed by atoms with van der Waals surface area (Å²) >= 11 is 0. The summed E-state index contributed by atoms with van der Waals surface area (Å²) in [4.78, 5) is 21.3. The monoisotopic (exact) mass is 433 g/mol. The first-order chi connectivity index (χ1) is 15.7. The van der Waals surface area contributed by atoms with Crippen molar-refractivity contribution in [2.45, 2.75) is 45.1 Å². The third kappa shape index (κ3) is 5.31. The molecule has 2 aromatic heterocycles. The lowest BCUT2D eigenvalue weighted by molar-refractivity contribution is 0.228. The highest BCUT2D eigenvalue weighted by atomic mass is 16.3. The molecule has 4 N–H and O–H groups in total. The SMILES string of the molecule is C=N/C(NC1CCC(CO)C1)=C(\C=N/CNc1ccnc(C)c1)c1nc2c([nH]1)CCC=C2. The van der Waals surface area contributed by atoms with E-state index in [1.54, 1.807) is 12.4 Å². The van der Waals surface area contributed by atoms with Gasteiger partial charge in [0.25, 0.3) is 0 Å². The van der Waals surface area contributed by atoms with Crippen molar-refractivity contribution < 1.29 is 5.11 Å². The maximum absolute atomic E-state index is 9.48. The molecule has 2 unspecified atom stereocenters. The van der Waals surface area contributed by atoms with E-state index < -0.39 is 0 Å². The number of rotatable bonds is 9. The Balaban J connectivity index is 1.56. The molecule has 2 aliphatic rings. The maximum atomic E-state index is 9.48. The van der Waals surface area contributed by atoms with Gasteiger partial charge in [-0.1, -0.05) is 6.08 Å². The number of aryl methyl sites for hydroxylation is 2. The van der Waals surface area contributed by atoms with Crippen molar-refractivity contribution in [2.24, 2.45) is 15.9 Å². The number of aromatic nitrogens is 3. The molecular weight excluding hydrogens is 402 g/mol. The van der Waals surface area contributed by atoms with Gasteiger partial charge in [-0.15, -0.1) is 0 Å². The van der Waals surface area contributed by atoms with Gasteiger partial charge in [0.2, 0.25) is 0 Å². The van der Waals surface area contributed by atoms with Crippen LogP contribution in [0, 0.1) is 12.8 Å². The van der Waals surface area contributed by atoms with Gasteiger partial charge < -0.3 is 20.7 Å². The number of aliphatic hydroxyl groups excluding tert-OH is 1. The van der Waals surface area contributed by atoms with E-state index in [4.69, 9.17) is 4.98 Å². The molecule has 0 aliphatic heterocycles. The van der Waals surface area contributed by atoms with Crippen molar-refractivity contribution in [1.29, 1.82) is 0 Å². The second-order valence-corrected chi connectivity index (χ2v) is 8.35. The number of aliphatic hydroxyl groups is 1. The van der Waals surface area contributed by atoms with Gasteiger partial charge in [0, 0.05) is 42.1 Å². The Morgan fingerprint density at radius 3 is 3.06 bits per heavy atom. The predicted octanol–water partition coefficient (Wildman–Crippen LogP) is 3.33. The molecule has 2 aliphatic carbocycles. The summed E-state index contributed by atoms with van der Waals surface area (Å²) in [6.07, 6.45) is 12.6. The molecule has 8 nitrogen and oxygen atoms in total. The summed E-state index contributed by atoms with van der Waals surface area (Å²) in [5, 5.41) is 16.3. The first-order valence-corrected chi connectivity index (χ1v) is 11.2. The number of H-pyrrole nitrogens is 1. The van der Waals surface area contributed by atoms with Crippen LogP contribution in [0.1, 0.15) is 48.6 Å². The molecule has 168 valence electrons. The molecule has 0 amide bonds. The van der Waals surface area contributed by atoms with Crippen LogP contribution >= 0.6 is 0 Å². The van der Waals surface area contributed by atoms with Crippen LogP contribution in [0.5, 0.6) is 0 Å². The minimum absolute atomic E-state index is 0.227. The molecule has 2 heterocycles. The summed E-state index contributed by atoms with van der Waals surface area (Å²) in [6.45, 7) is 6.39. The lowest BCUT2D eigenvalue weighted by Crippen LogP contribution is -2.26. The van der Waals surface area contributed by atoms with Crippen LogP contribution in [0.3, 0.4) is 0 Å². The van der Waals surface area contributed by atoms with Crippen LogP contribution in [-0.4, -0.2) is 52.3 Å². The first kappa shape index (κ1) is 22.0. The second kappa shape index (κ2) is 10.4. The lowest BCUT2D eigenvalue weighted by atomic mass is 10.1. The van der Waals surface area contributed by atoms with E-state index >= 15 is 0 Å². The van der Waals surface area contributed by atoms with E-state index in [1.165, 1.54) is 0 Å². The molecule has 4 rings (SSSR count). The summed E-state index contributed by atoms with van der Waals surface area (Å²) in [5.74, 6) is 1.73. The quantitative estimate of drug-likeness (QED) is 0.454. The summed E-state index contributed by atoms with van der Waals surface area (Å²) in [6, 6.07) is 4.15. The number of nitrogens with one attached hydrogen (secondary N) is 3. The van der Waals surface area contributed by atoms with E-state index in [1.807, 2.05) is 19.1 Å². The van der Waals surface area contributed by atoms with E-state index in [-0.39, 0.29) is 12.6 Å². The molecule has 2 aromatic rings. The zero-order valence-corrected chi connectivity index (χ0v) is 18.5. The van der Waals surface area contributed by atoms with Gasteiger partial charge >= 0.3 is 0 Å². The van der Waals surface area contributed by atoms with Gasteiger partial charge in [-0.2, -0.15) is 0 Å². The molecule has 0 spiro atoms. The normalized spacial score (nSPS) is 20.8. The van der Waals surface area contributed by atoms with Gasteiger partial charge in [-0.3, -0.25) is 9.98 Å². The zero-order valence-electron chi connectivity index (χ0n) is 18.5. The Morgan fingerprint density at radius 1 is 1.41 bits per heavy atom. The van der Waals surface area contributed by atoms with Crippen LogP contribution < -0.4 is 10.6 Å². The summed E-state index contributed by atoms with van der Waals surface area (Å²) in [7, 11) is 0. The molecule has 8 heteroatoms. The molecule has 1 fully saturated rings. The number of imidazole rings is 1. The Labute approximate surface area is 188 Å². The minimum Gasteiger partial charge on any atom is -0.396 e. The Bertz CT molecular complexity index is 1040. The average Bonchev–Trinajstić information content (AvgIpc) is 3.44. The van der Waals surface area contributed by atoms with Gasteiger partial charge in [0.1, 0.15) is 18.3 Å². The van der Waals surface area contributed by atoms with Crippen molar-refractivity contribution in [3.05, 3.63) is 53.1 Å². The fourth-order valence-corrected chi connectivity index (χ4v) is 4.24. The first-order valence-electron chi connectivity index (χ1n) is 11.2. The fraction of sp³-hybridized carbons (Fsp3) is 0.417. The molecule has 1 saturated carbocycles. The van der Waals surface area contributed by atoms with Crippen LogP contribution in [0.2, 0.25) is 0 Å². The lowest BCUT2D eigenvalue weighted by Gasteiger charge is -2.16. The summed E-state index contributed by atoms with van der Waals surface area (Å²) in [5.41, 5.74) is 4.80. The van der Waals surface area contributed by atoms with Crippen molar-refractivity contribution in [3.63, 3.8) is 0 Å². The van der Waals surface area contributed by atoms with E-state index in [9.17, 15) is 5.11 Å². The number of hydrogen-bond donors (Lipinski definition) is 4. The molecule has 0 radical (unpaired) electrons. The molecule has 0 bridgehead atoms. The van der Waals surface area contributed by atoms with Crippen LogP contribution in [0.25, 0.3) is 11.6 Å². The average molecular weight is 434 g/mol. The van der Waals surface area contributed by atoms with Gasteiger partial charge in [0.05, 0.1) is 11.3 Å². The van der Waals surface area contributed by atoms with Crippen LogP contribution in [0.15, 0.2) is 40.2 Å². The number of nitrogens with zero attached hydrogens (tertiary/aromatic N) is 4. The largest absolute Gasteiger partial charge is 0.396 e. The van der Waals surface area contributed by atoms with E-state index in [0.29, 0.717) is 18.4 Å². The maximum Gasteiger partial charge on any atom is 0.143 e. The predicted molar refractivity (Wildman–Crippen MR) is 130 cm³/mol. The summed E-state index contributed by atoms with van der Waals surface area (Å²) < 4.78 is 0. The van der Waals surface area contributed by atoms with E-state index in [2.05, 4.69) is 49.5 Å². The number of allylic oxidation sites excluding steroid dienone is 2. The third-order valence-corrected chi connectivity index (χ3v) is 5.95. The highest BCUT2D eigenvalue weighted by molar-refractivity contribution is 6.09. The van der Waals surface area contributed by atoms with Crippen molar-refractivity contribution in [2.75, 3.05) is 18.6 Å². The number of aliphatic imine (C=N–C) groups is 2. The van der Waals surface area contributed by atoms with Gasteiger partial charge in [-0.25, -0.2) is 9.98 Å². The molecule has 2 atom stereocenters. The standard InChI is InChI=1S/C24H31N7O/c1-16-11-18(9-10-27-16)28-15-26-13-20(24-30-21-5-3-4-6-22(21)31-24)23(25-2)29-19-8-7-17(12-19)14-32/h3,5,9-11,13,17,19,29,32H,2,4,6-8,12,14-15H2,1H3,(H,27,28)(H,30,31)/b23-20-,26-13-. The zero-order chi connectivity index (χ0) is 22.3. The van der Waals surface area contributed by atoms with Crippen LogP contribution in [0.4, 0.5) is 5.69 Å². The second-order valence-electron chi connectivity index (χ2n) is 8.35. The van der Waals surface area contributed by atoms with Crippen LogP contribution in [-0.2, 0) is 6.42 Å².